The van der Waals surface area contributed by atoms with Gasteiger partial charge in [0.15, 0.2) is 0 Å². The van der Waals surface area contributed by atoms with Crippen molar-refractivity contribution in [2.24, 2.45) is 0 Å². The fourth-order valence-electron chi connectivity index (χ4n) is 0.891. The maximum Gasteiger partial charge on any atom is 0.137 e. The van der Waals surface area contributed by atoms with Crippen LogP contribution in [-0.2, 0) is 4.79 Å². The van der Waals surface area contributed by atoms with Crippen LogP contribution in [0.1, 0.15) is 12.8 Å². The highest BCUT2D eigenvalue weighted by Gasteiger charge is 2.20. The standard InChI is InChI=1S/C5H8INO/c6-7-3-1-2-5(7)4-8/h4-5H,1-3H2/t5-/m0/s1. The van der Waals surface area contributed by atoms with Crippen molar-refractivity contribution in [1.82, 2.24) is 3.11 Å². The highest BCUT2D eigenvalue weighted by Crippen LogP contribution is 2.18. The minimum absolute atomic E-state index is 0.204. The number of aldehydes is 1. The lowest BCUT2D eigenvalue weighted by Crippen LogP contribution is -2.19. The molecule has 3 heteroatoms. The number of rotatable bonds is 1. The van der Waals surface area contributed by atoms with Crippen molar-refractivity contribution >= 4 is 29.2 Å². The second-order valence-corrected chi connectivity index (χ2v) is 3.21. The molecule has 2 nitrogen and oxygen atoms in total. The van der Waals surface area contributed by atoms with Crippen molar-refractivity contribution in [2.75, 3.05) is 6.54 Å². The average Bonchev–Trinajstić information content (AvgIpc) is 2.14. The van der Waals surface area contributed by atoms with Gasteiger partial charge in [-0.3, -0.25) is 0 Å². The summed E-state index contributed by atoms with van der Waals surface area (Å²) in [4.78, 5) is 10.2. The lowest BCUT2D eigenvalue weighted by Gasteiger charge is -2.07. The lowest BCUT2D eigenvalue weighted by atomic mass is 10.2. The van der Waals surface area contributed by atoms with Crippen molar-refractivity contribution in [3.8, 4) is 0 Å². The quantitative estimate of drug-likeness (QED) is 0.377. The van der Waals surface area contributed by atoms with E-state index in [9.17, 15) is 4.79 Å². The third-order valence-electron chi connectivity index (χ3n) is 1.39. The van der Waals surface area contributed by atoms with Gasteiger partial charge in [0.25, 0.3) is 0 Å². The van der Waals surface area contributed by atoms with E-state index in [0.29, 0.717) is 0 Å². The summed E-state index contributed by atoms with van der Waals surface area (Å²) in [5, 5.41) is 0. The van der Waals surface area contributed by atoms with Crippen LogP contribution < -0.4 is 0 Å². The summed E-state index contributed by atoms with van der Waals surface area (Å²) < 4.78 is 2.06. The number of hydrogen-bond donors (Lipinski definition) is 0. The van der Waals surface area contributed by atoms with E-state index in [1.54, 1.807) is 0 Å². The number of halogens is 1. The van der Waals surface area contributed by atoms with Gasteiger partial charge in [-0.15, -0.1) is 0 Å². The van der Waals surface area contributed by atoms with Crippen LogP contribution in [0.2, 0.25) is 0 Å². The van der Waals surface area contributed by atoms with Crippen LogP contribution in [0.15, 0.2) is 0 Å². The van der Waals surface area contributed by atoms with E-state index in [0.717, 1.165) is 19.3 Å². The van der Waals surface area contributed by atoms with Crippen LogP contribution in [0.25, 0.3) is 0 Å². The van der Waals surface area contributed by atoms with Gasteiger partial charge in [0.1, 0.15) is 6.29 Å². The number of carbonyl (C=O) groups is 1. The van der Waals surface area contributed by atoms with Crippen LogP contribution in [-0.4, -0.2) is 22.0 Å². The Morgan fingerprint density at radius 3 is 2.75 bits per heavy atom. The van der Waals surface area contributed by atoms with E-state index in [2.05, 4.69) is 26.0 Å². The fourth-order valence-corrected chi connectivity index (χ4v) is 1.64. The molecule has 1 aliphatic rings. The Morgan fingerprint density at radius 1 is 1.75 bits per heavy atom. The van der Waals surface area contributed by atoms with Crippen molar-refractivity contribution in [3.63, 3.8) is 0 Å². The maximum atomic E-state index is 10.2. The van der Waals surface area contributed by atoms with E-state index < -0.39 is 0 Å². The van der Waals surface area contributed by atoms with Gasteiger partial charge < -0.3 is 4.79 Å². The van der Waals surface area contributed by atoms with Gasteiger partial charge in [0, 0.05) is 29.4 Å². The van der Waals surface area contributed by atoms with Crippen molar-refractivity contribution in [1.29, 1.82) is 0 Å². The molecule has 1 aliphatic heterocycles. The highest BCUT2D eigenvalue weighted by atomic mass is 127. The fraction of sp³-hybridized carbons (Fsp3) is 0.800. The molecular weight excluding hydrogens is 217 g/mol. The minimum atomic E-state index is 0.204. The third kappa shape index (κ3) is 1.20. The molecule has 0 bridgehead atoms. The number of hydrogen-bond acceptors (Lipinski definition) is 2. The van der Waals surface area contributed by atoms with Crippen LogP contribution in [0.4, 0.5) is 0 Å². The first-order valence-electron chi connectivity index (χ1n) is 2.72. The van der Waals surface area contributed by atoms with Crippen LogP contribution in [0, 0.1) is 0 Å². The molecule has 0 N–H and O–H groups in total. The molecule has 1 fully saturated rings. The molecular formula is C5H8INO. The largest absolute Gasteiger partial charge is 0.302 e. The zero-order valence-electron chi connectivity index (χ0n) is 4.51. The van der Waals surface area contributed by atoms with Crippen LogP contribution in [0.3, 0.4) is 0 Å². The minimum Gasteiger partial charge on any atom is -0.302 e. The second kappa shape index (κ2) is 2.77. The van der Waals surface area contributed by atoms with E-state index >= 15 is 0 Å². The Kier molecular flexibility index (Phi) is 2.25. The molecule has 1 saturated heterocycles. The summed E-state index contributed by atoms with van der Waals surface area (Å²) in [5.74, 6) is 0. The summed E-state index contributed by atoms with van der Waals surface area (Å²) in [6.07, 6.45) is 3.25. The van der Waals surface area contributed by atoms with E-state index in [-0.39, 0.29) is 6.04 Å². The number of nitrogens with zero attached hydrogens (tertiary/aromatic N) is 1. The summed E-state index contributed by atoms with van der Waals surface area (Å²) in [6.45, 7) is 1.07. The predicted molar refractivity (Wildman–Crippen MR) is 39.8 cm³/mol. The Hall–Kier alpha value is 0.360. The van der Waals surface area contributed by atoms with Crippen LogP contribution in [0.5, 0.6) is 0 Å². The van der Waals surface area contributed by atoms with E-state index in [1.807, 2.05) is 0 Å². The summed E-state index contributed by atoms with van der Waals surface area (Å²) >= 11 is 2.20. The first-order valence-corrected chi connectivity index (χ1v) is 3.69. The van der Waals surface area contributed by atoms with Crippen molar-refractivity contribution in [3.05, 3.63) is 0 Å². The van der Waals surface area contributed by atoms with Gasteiger partial charge >= 0.3 is 0 Å². The van der Waals surface area contributed by atoms with Crippen molar-refractivity contribution < 1.29 is 4.79 Å². The summed E-state index contributed by atoms with van der Waals surface area (Å²) in [6, 6.07) is 0.204. The van der Waals surface area contributed by atoms with E-state index in [4.69, 9.17) is 0 Å². The Balaban J connectivity index is 2.41. The average molecular weight is 225 g/mol. The zero-order chi connectivity index (χ0) is 5.98. The predicted octanol–water partition coefficient (Wildman–Crippen LogP) is 1.000. The molecule has 0 saturated carbocycles. The van der Waals surface area contributed by atoms with Gasteiger partial charge in [-0.2, -0.15) is 0 Å². The Bertz CT molecular complexity index is 96.4. The first-order chi connectivity index (χ1) is 3.84. The lowest BCUT2D eigenvalue weighted by molar-refractivity contribution is -0.110. The molecule has 1 rings (SSSR count). The Labute approximate surface area is 62.7 Å². The monoisotopic (exact) mass is 225 g/mol. The molecule has 46 valence electrons. The molecule has 0 aromatic rings. The maximum absolute atomic E-state index is 10.2. The summed E-state index contributed by atoms with van der Waals surface area (Å²) in [7, 11) is 0. The molecule has 1 heterocycles. The van der Waals surface area contributed by atoms with Crippen molar-refractivity contribution in [2.45, 2.75) is 18.9 Å². The van der Waals surface area contributed by atoms with E-state index in [1.165, 1.54) is 6.42 Å². The normalized spacial score (nSPS) is 30.9. The first kappa shape index (κ1) is 6.48. The molecule has 0 radical (unpaired) electrons. The molecule has 0 spiro atoms. The van der Waals surface area contributed by atoms with Gasteiger partial charge in [-0.1, -0.05) is 0 Å². The Morgan fingerprint density at radius 2 is 2.50 bits per heavy atom. The highest BCUT2D eigenvalue weighted by molar-refractivity contribution is 14.1. The molecule has 1 atom stereocenters. The molecule has 0 unspecified atom stereocenters. The molecule has 0 aliphatic carbocycles. The van der Waals surface area contributed by atoms with Gasteiger partial charge in [-0.05, 0) is 12.8 Å². The smallest absolute Gasteiger partial charge is 0.137 e. The molecule has 0 aromatic heterocycles. The van der Waals surface area contributed by atoms with Gasteiger partial charge in [0.2, 0.25) is 0 Å². The molecule has 8 heavy (non-hydrogen) atoms. The zero-order valence-corrected chi connectivity index (χ0v) is 6.67. The topological polar surface area (TPSA) is 20.3 Å². The molecule has 0 aromatic carbocycles. The van der Waals surface area contributed by atoms with Crippen LogP contribution >= 0.6 is 22.9 Å². The third-order valence-corrected chi connectivity index (χ3v) is 2.59. The summed E-state index contributed by atoms with van der Waals surface area (Å²) in [5.41, 5.74) is 0. The second-order valence-electron chi connectivity index (χ2n) is 1.97. The van der Waals surface area contributed by atoms with Gasteiger partial charge in [0.05, 0.1) is 6.04 Å². The van der Waals surface area contributed by atoms with Gasteiger partial charge in [-0.25, -0.2) is 3.11 Å². The number of carbonyl (C=O) groups excluding carboxylic acids is 1. The SMILES string of the molecule is O=C[C@@H]1CCCN1I. The molecule has 0 amide bonds.